The summed E-state index contributed by atoms with van der Waals surface area (Å²) in [5.41, 5.74) is 0.711. The summed E-state index contributed by atoms with van der Waals surface area (Å²) in [7, 11) is 0. The molecule has 3 unspecified atom stereocenters. The molecular weight excluding hydrogens is 240 g/mol. The van der Waals surface area contributed by atoms with Crippen LogP contribution in [-0.4, -0.2) is 17.0 Å². The summed E-state index contributed by atoms with van der Waals surface area (Å²) >= 11 is 3.53. The standard InChI is InChI=1S/C12H21BrO/c1-9-6-11(2,3)8-12(9)5-4-10(7-13)14-12/h9-10H,4-8H2,1-3H3. The average molecular weight is 261 g/mol. The van der Waals surface area contributed by atoms with E-state index in [0.717, 1.165) is 11.2 Å². The van der Waals surface area contributed by atoms with Crippen molar-refractivity contribution >= 4 is 15.9 Å². The summed E-state index contributed by atoms with van der Waals surface area (Å²) in [5, 5.41) is 1.00. The highest BCUT2D eigenvalue weighted by molar-refractivity contribution is 9.09. The monoisotopic (exact) mass is 260 g/mol. The smallest absolute Gasteiger partial charge is 0.0718 e. The minimum absolute atomic E-state index is 0.224. The van der Waals surface area contributed by atoms with Crippen LogP contribution in [0.4, 0.5) is 0 Å². The van der Waals surface area contributed by atoms with Gasteiger partial charge in [-0.2, -0.15) is 0 Å². The van der Waals surface area contributed by atoms with Gasteiger partial charge in [0.25, 0.3) is 0 Å². The first-order chi connectivity index (χ1) is 6.47. The van der Waals surface area contributed by atoms with Gasteiger partial charge in [0.15, 0.2) is 0 Å². The zero-order valence-corrected chi connectivity index (χ0v) is 11.1. The van der Waals surface area contributed by atoms with Gasteiger partial charge in [-0.05, 0) is 37.0 Å². The predicted octanol–water partition coefficient (Wildman–Crippen LogP) is 3.76. The Morgan fingerprint density at radius 1 is 1.43 bits per heavy atom. The van der Waals surface area contributed by atoms with Crippen molar-refractivity contribution in [3.63, 3.8) is 0 Å². The molecule has 0 aromatic carbocycles. The third-order valence-corrected chi connectivity index (χ3v) is 4.72. The van der Waals surface area contributed by atoms with E-state index in [-0.39, 0.29) is 5.60 Å². The highest BCUT2D eigenvalue weighted by Gasteiger charge is 2.52. The molecule has 14 heavy (non-hydrogen) atoms. The van der Waals surface area contributed by atoms with E-state index in [1.54, 1.807) is 0 Å². The maximum absolute atomic E-state index is 6.26. The Hall–Kier alpha value is 0.440. The SMILES string of the molecule is CC1CC(C)(C)CC12CCC(CBr)O2. The van der Waals surface area contributed by atoms with E-state index >= 15 is 0 Å². The van der Waals surface area contributed by atoms with E-state index < -0.39 is 0 Å². The van der Waals surface area contributed by atoms with Crippen LogP contribution < -0.4 is 0 Å². The second kappa shape index (κ2) is 3.48. The van der Waals surface area contributed by atoms with E-state index in [4.69, 9.17) is 4.74 Å². The Labute approximate surface area is 95.7 Å². The molecule has 1 spiro atoms. The molecule has 2 heteroatoms. The number of rotatable bonds is 1. The maximum Gasteiger partial charge on any atom is 0.0718 e. The van der Waals surface area contributed by atoms with Crippen LogP contribution in [0.2, 0.25) is 0 Å². The van der Waals surface area contributed by atoms with Gasteiger partial charge in [-0.15, -0.1) is 0 Å². The molecule has 1 nitrogen and oxygen atoms in total. The molecule has 82 valence electrons. The number of alkyl halides is 1. The first-order valence-electron chi connectivity index (χ1n) is 5.71. The summed E-state index contributed by atoms with van der Waals surface area (Å²) in [6, 6.07) is 0. The average Bonchev–Trinajstić information content (AvgIpc) is 2.56. The van der Waals surface area contributed by atoms with E-state index in [2.05, 4.69) is 36.7 Å². The molecule has 0 aromatic heterocycles. The van der Waals surface area contributed by atoms with E-state index in [0.29, 0.717) is 11.5 Å². The summed E-state index contributed by atoms with van der Waals surface area (Å²) < 4.78 is 6.26. The largest absolute Gasteiger partial charge is 0.371 e. The molecule has 1 saturated carbocycles. The minimum Gasteiger partial charge on any atom is -0.371 e. The summed E-state index contributed by atoms with van der Waals surface area (Å²) in [6.07, 6.45) is 5.55. The van der Waals surface area contributed by atoms with Crippen LogP contribution in [0.25, 0.3) is 0 Å². The third kappa shape index (κ3) is 1.76. The number of ether oxygens (including phenoxy) is 1. The third-order valence-electron chi connectivity index (χ3n) is 4.00. The predicted molar refractivity (Wildman–Crippen MR) is 62.8 cm³/mol. The maximum atomic E-state index is 6.26. The number of hydrogen-bond acceptors (Lipinski definition) is 1. The van der Waals surface area contributed by atoms with Crippen molar-refractivity contribution in [2.75, 3.05) is 5.33 Å². The quantitative estimate of drug-likeness (QED) is 0.653. The Balaban J connectivity index is 2.11. The minimum atomic E-state index is 0.224. The van der Waals surface area contributed by atoms with Gasteiger partial charge in [0.05, 0.1) is 11.7 Å². The lowest BCUT2D eigenvalue weighted by molar-refractivity contribution is -0.0566. The van der Waals surface area contributed by atoms with Gasteiger partial charge in [-0.3, -0.25) is 0 Å². The Bertz CT molecular complexity index is 226. The molecule has 0 amide bonds. The van der Waals surface area contributed by atoms with Crippen LogP contribution in [0.3, 0.4) is 0 Å². The molecule has 2 fully saturated rings. The van der Waals surface area contributed by atoms with E-state index in [9.17, 15) is 0 Å². The first kappa shape index (κ1) is 10.9. The van der Waals surface area contributed by atoms with Crippen LogP contribution in [0, 0.1) is 11.3 Å². The Morgan fingerprint density at radius 2 is 2.14 bits per heavy atom. The van der Waals surface area contributed by atoms with Crippen LogP contribution in [0.5, 0.6) is 0 Å². The fourth-order valence-electron chi connectivity index (χ4n) is 3.53. The number of halogens is 1. The molecule has 1 aliphatic carbocycles. The van der Waals surface area contributed by atoms with Crippen molar-refractivity contribution < 1.29 is 4.74 Å². The lowest BCUT2D eigenvalue weighted by Gasteiger charge is -2.29. The molecule has 1 heterocycles. The molecule has 2 rings (SSSR count). The molecule has 0 bridgehead atoms. The van der Waals surface area contributed by atoms with Gasteiger partial charge in [0.1, 0.15) is 0 Å². The van der Waals surface area contributed by atoms with Gasteiger partial charge in [0.2, 0.25) is 0 Å². The highest BCUT2D eigenvalue weighted by Crippen LogP contribution is 2.54. The molecule has 1 aliphatic heterocycles. The first-order valence-corrected chi connectivity index (χ1v) is 6.83. The normalized spacial score (nSPS) is 46.3. The zero-order valence-electron chi connectivity index (χ0n) is 9.48. The molecule has 1 saturated heterocycles. The van der Waals surface area contributed by atoms with Crippen molar-refractivity contribution in [1.82, 2.24) is 0 Å². The summed E-state index contributed by atoms with van der Waals surface area (Å²) in [5.74, 6) is 0.738. The molecule has 0 aromatic rings. The molecule has 2 aliphatic rings. The fraction of sp³-hybridized carbons (Fsp3) is 1.00. The molecule has 0 radical (unpaired) electrons. The van der Waals surface area contributed by atoms with Crippen LogP contribution in [0.1, 0.15) is 46.5 Å². The Morgan fingerprint density at radius 3 is 2.57 bits per heavy atom. The molecule has 3 atom stereocenters. The van der Waals surface area contributed by atoms with Gasteiger partial charge in [-0.25, -0.2) is 0 Å². The highest BCUT2D eigenvalue weighted by atomic mass is 79.9. The number of hydrogen-bond donors (Lipinski definition) is 0. The van der Waals surface area contributed by atoms with E-state index in [1.807, 2.05) is 0 Å². The van der Waals surface area contributed by atoms with Gasteiger partial charge in [0, 0.05) is 5.33 Å². The van der Waals surface area contributed by atoms with Gasteiger partial charge >= 0.3 is 0 Å². The molecule has 0 N–H and O–H groups in total. The second-order valence-corrected chi connectivity index (χ2v) is 6.59. The molecular formula is C12H21BrO. The lowest BCUT2D eigenvalue weighted by Crippen LogP contribution is -2.32. The van der Waals surface area contributed by atoms with Crippen molar-refractivity contribution in [3.8, 4) is 0 Å². The summed E-state index contributed by atoms with van der Waals surface area (Å²) in [4.78, 5) is 0. The van der Waals surface area contributed by atoms with Crippen molar-refractivity contribution in [3.05, 3.63) is 0 Å². The van der Waals surface area contributed by atoms with Gasteiger partial charge < -0.3 is 4.74 Å². The Kier molecular flexibility index (Phi) is 2.72. The van der Waals surface area contributed by atoms with Crippen molar-refractivity contribution in [2.45, 2.75) is 58.2 Å². The van der Waals surface area contributed by atoms with Crippen LogP contribution in [-0.2, 0) is 4.74 Å². The van der Waals surface area contributed by atoms with E-state index in [1.165, 1.54) is 25.7 Å². The van der Waals surface area contributed by atoms with Crippen molar-refractivity contribution in [1.29, 1.82) is 0 Å². The second-order valence-electron chi connectivity index (χ2n) is 5.94. The topological polar surface area (TPSA) is 9.23 Å². The lowest BCUT2D eigenvalue weighted by atomic mass is 9.87. The zero-order chi connectivity index (χ0) is 10.4. The fourth-order valence-corrected chi connectivity index (χ4v) is 3.98. The summed E-state index contributed by atoms with van der Waals surface area (Å²) in [6.45, 7) is 7.12. The van der Waals surface area contributed by atoms with Crippen molar-refractivity contribution in [2.24, 2.45) is 11.3 Å². The van der Waals surface area contributed by atoms with Crippen LogP contribution in [0.15, 0.2) is 0 Å². The van der Waals surface area contributed by atoms with Gasteiger partial charge in [-0.1, -0.05) is 36.7 Å². The van der Waals surface area contributed by atoms with Crippen LogP contribution >= 0.6 is 15.9 Å².